The van der Waals surface area contributed by atoms with Gasteiger partial charge < -0.3 is 24.8 Å². The molecule has 1 fully saturated rings. The Balaban J connectivity index is 1.39. The van der Waals surface area contributed by atoms with Crippen molar-refractivity contribution >= 4 is 17.8 Å². The molecule has 2 aliphatic heterocycles. The molecule has 2 aromatic carbocycles. The molecule has 0 radical (unpaired) electrons. The molecule has 2 N–H and O–H groups in total. The number of primary amides is 1. The van der Waals surface area contributed by atoms with E-state index in [9.17, 15) is 14.4 Å². The highest BCUT2D eigenvalue weighted by Crippen LogP contribution is 2.33. The molecule has 2 aliphatic rings. The van der Waals surface area contributed by atoms with Gasteiger partial charge >= 0.3 is 5.97 Å². The number of fused-ring (bicyclic) bond motifs is 1. The first-order valence-corrected chi connectivity index (χ1v) is 12.0. The van der Waals surface area contributed by atoms with E-state index in [1.165, 1.54) is 17.6 Å². The Morgan fingerprint density at radius 3 is 2.51 bits per heavy atom. The van der Waals surface area contributed by atoms with Crippen molar-refractivity contribution in [3.63, 3.8) is 0 Å². The summed E-state index contributed by atoms with van der Waals surface area (Å²) in [5.41, 5.74) is 9.11. The van der Waals surface area contributed by atoms with Gasteiger partial charge in [0.1, 0.15) is 18.4 Å². The van der Waals surface area contributed by atoms with Gasteiger partial charge in [0.25, 0.3) is 5.91 Å². The van der Waals surface area contributed by atoms with Crippen LogP contribution < -0.4 is 10.5 Å². The van der Waals surface area contributed by atoms with Crippen molar-refractivity contribution in [1.29, 1.82) is 0 Å². The molecule has 0 bridgehead atoms. The smallest absolute Gasteiger partial charge is 0.305 e. The number of ether oxygens (including phenoxy) is 3. The maximum atomic E-state index is 13.0. The Hall–Kier alpha value is -3.39. The van der Waals surface area contributed by atoms with Crippen LogP contribution in [0.2, 0.25) is 0 Å². The van der Waals surface area contributed by atoms with Crippen LogP contribution in [0.25, 0.3) is 0 Å². The predicted octanol–water partition coefficient (Wildman–Crippen LogP) is 3.00. The molecule has 35 heavy (non-hydrogen) atoms. The topological polar surface area (TPSA) is 108 Å². The zero-order valence-corrected chi connectivity index (χ0v) is 20.0. The number of esters is 1. The van der Waals surface area contributed by atoms with Gasteiger partial charge in [0, 0.05) is 30.8 Å². The lowest BCUT2D eigenvalue weighted by Gasteiger charge is -2.24. The highest BCUT2D eigenvalue weighted by Gasteiger charge is 2.37. The van der Waals surface area contributed by atoms with Crippen LogP contribution in [0.5, 0.6) is 5.75 Å². The number of rotatable bonds is 10. The first kappa shape index (κ1) is 24.7. The fourth-order valence-electron chi connectivity index (χ4n) is 4.74. The highest BCUT2D eigenvalue weighted by atomic mass is 16.5. The second kappa shape index (κ2) is 11.4. The fraction of sp³-hybridized carbons (Fsp3) is 0.444. The Kier molecular flexibility index (Phi) is 8.02. The summed E-state index contributed by atoms with van der Waals surface area (Å²) in [6.45, 7) is 2.26. The van der Waals surface area contributed by atoms with E-state index in [4.69, 9.17) is 15.2 Å². The summed E-state index contributed by atoms with van der Waals surface area (Å²) >= 11 is 0. The Morgan fingerprint density at radius 2 is 1.83 bits per heavy atom. The first-order valence-electron chi connectivity index (χ1n) is 12.0. The van der Waals surface area contributed by atoms with Gasteiger partial charge in [-0.05, 0) is 54.9 Å². The van der Waals surface area contributed by atoms with Crippen LogP contribution >= 0.6 is 0 Å². The number of nitrogens with two attached hydrogens (primary N) is 1. The number of methoxy groups -OCH3 is 1. The SMILES string of the molecule is COC(=O)CCC(C(N)=O)N1Cc2c(OCc3ccc(CC4CCOCC4)cc3)cccc2C1=O. The van der Waals surface area contributed by atoms with E-state index in [1.54, 1.807) is 12.1 Å². The average molecular weight is 481 g/mol. The van der Waals surface area contributed by atoms with Crippen LogP contribution in [0.15, 0.2) is 42.5 Å². The molecule has 8 nitrogen and oxygen atoms in total. The standard InChI is InChI=1S/C27H32N2O6/c1-33-25(30)10-9-23(26(28)31)29-16-22-21(27(29)32)3-2-4-24(22)35-17-20-7-5-18(6-8-20)15-19-11-13-34-14-12-19/h2-8,19,23H,9-17H2,1H3,(H2,28,31). The van der Waals surface area contributed by atoms with Crippen LogP contribution in [0.4, 0.5) is 0 Å². The van der Waals surface area contributed by atoms with Gasteiger partial charge in [-0.1, -0.05) is 30.3 Å². The van der Waals surface area contributed by atoms with E-state index in [0.29, 0.717) is 23.8 Å². The predicted molar refractivity (Wildman–Crippen MR) is 129 cm³/mol. The molecular formula is C27H32N2O6. The molecule has 1 atom stereocenters. The highest BCUT2D eigenvalue weighted by molar-refractivity contribution is 6.01. The molecule has 1 saturated heterocycles. The summed E-state index contributed by atoms with van der Waals surface area (Å²) in [6, 6.07) is 12.8. The van der Waals surface area contributed by atoms with E-state index in [1.807, 2.05) is 6.07 Å². The van der Waals surface area contributed by atoms with Crippen molar-refractivity contribution in [3.8, 4) is 5.75 Å². The minimum Gasteiger partial charge on any atom is -0.489 e. The molecule has 2 amide bonds. The lowest BCUT2D eigenvalue weighted by atomic mass is 9.92. The van der Waals surface area contributed by atoms with Crippen molar-refractivity contribution in [2.24, 2.45) is 11.7 Å². The number of hydrogen-bond acceptors (Lipinski definition) is 6. The molecule has 0 aliphatic carbocycles. The van der Waals surface area contributed by atoms with Gasteiger partial charge in [0.15, 0.2) is 0 Å². The molecule has 0 saturated carbocycles. The van der Waals surface area contributed by atoms with Crippen molar-refractivity contribution in [3.05, 3.63) is 64.7 Å². The molecule has 4 rings (SSSR count). The van der Waals surface area contributed by atoms with Gasteiger partial charge in [0.05, 0.1) is 13.7 Å². The molecule has 2 aromatic rings. The Morgan fingerprint density at radius 1 is 1.11 bits per heavy atom. The Bertz CT molecular complexity index is 1060. The summed E-state index contributed by atoms with van der Waals surface area (Å²) in [5, 5.41) is 0. The van der Waals surface area contributed by atoms with E-state index < -0.39 is 17.9 Å². The number of hydrogen-bond donors (Lipinski definition) is 1. The summed E-state index contributed by atoms with van der Waals surface area (Å²) in [7, 11) is 1.28. The first-order chi connectivity index (χ1) is 17.0. The largest absolute Gasteiger partial charge is 0.489 e. The van der Waals surface area contributed by atoms with Crippen LogP contribution in [-0.4, -0.2) is 49.0 Å². The fourth-order valence-corrected chi connectivity index (χ4v) is 4.74. The normalized spacial score (nSPS) is 16.6. The van der Waals surface area contributed by atoms with Crippen LogP contribution in [0.1, 0.15) is 52.7 Å². The van der Waals surface area contributed by atoms with Crippen molar-refractivity contribution in [2.75, 3.05) is 20.3 Å². The van der Waals surface area contributed by atoms with Crippen molar-refractivity contribution < 1.29 is 28.6 Å². The van der Waals surface area contributed by atoms with Gasteiger partial charge in [0.2, 0.25) is 5.91 Å². The van der Waals surface area contributed by atoms with E-state index in [2.05, 4.69) is 29.0 Å². The lowest BCUT2D eigenvalue weighted by molar-refractivity contribution is -0.141. The number of carbonyl (C=O) groups is 3. The van der Waals surface area contributed by atoms with Crippen LogP contribution in [-0.2, 0) is 38.6 Å². The molecule has 0 spiro atoms. The van der Waals surface area contributed by atoms with Gasteiger partial charge in [-0.25, -0.2) is 0 Å². The van der Waals surface area contributed by atoms with E-state index >= 15 is 0 Å². The van der Waals surface area contributed by atoms with E-state index in [-0.39, 0.29) is 25.3 Å². The van der Waals surface area contributed by atoms with Gasteiger partial charge in [-0.3, -0.25) is 14.4 Å². The molecule has 1 unspecified atom stereocenters. The van der Waals surface area contributed by atoms with Gasteiger partial charge in [-0.2, -0.15) is 0 Å². The maximum absolute atomic E-state index is 13.0. The average Bonchev–Trinajstić information content (AvgIpc) is 3.20. The Labute approximate surface area is 205 Å². The van der Waals surface area contributed by atoms with Crippen LogP contribution in [0, 0.1) is 5.92 Å². The van der Waals surface area contributed by atoms with Crippen LogP contribution in [0.3, 0.4) is 0 Å². The van der Waals surface area contributed by atoms with Crippen molar-refractivity contribution in [1.82, 2.24) is 4.90 Å². The van der Waals surface area contributed by atoms with E-state index in [0.717, 1.165) is 43.6 Å². The number of nitrogens with zero attached hydrogens (tertiary/aromatic N) is 1. The number of carbonyl (C=O) groups excluding carboxylic acids is 3. The second-order valence-electron chi connectivity index (χ2n) is 9.11. The molecule has 0 aromatic heterocycles. The summed E-state index contributed by atoms with van der Waals surface area (Å²) in [6.07, 6.45) is 3.39. The van der Waals surface area contributed by atoms with Gasteiger partial charge in [-0.15, -0.1) is 0 Å². The monoisotopic (exact) mass is 480 g/mol. The summed E-state index contributed by atoms with van der Waals surface area (Å²) in [4.78, 5) is 38.1. The number of amides is 2. The number of benzene rings is 2. The zero-order valence-electron chi connectivity index (χ0n) is 20.0. The van der Waals surface area contributed by atoms with Crippen molar-refractivity contribution in [2.45, 2.75) is 51.3 Å². The molecule has 186 valence electrons. The summed E-state index contributed by atoms with van der Waals surface area (Å²) in [5.74, 6) is -0.130. The maximum Gasteiger partial charge on any atom is 0.305 e. The summed E-state index contributed by atoms with van der Waals surface area (Å²) < 4.78 is 16.2. The zero-order chi connectivity index (χ0) is 24.8. The molecule has 8 heteroatoms. The lowest BCUT2D eigenvalue weighted by Crippen LogP contribution is -2.45. The minimum atomic E-state index is -0.898. The third-order valence-electron chi connectivity index (χ3n) is 6.79. The second-order valence-corrected chi connectivity index (χ2v) is 9.11. The molecular weight excluding hydrogens is 448 g/mol. The third kappa shape index (κ3) is 6.00. The third-order valence-corrected chi connectivity index (χ3v) is 6.79. The minimum absolute atomic E-state index is 0.00188. The quantitative estimate of drug-likeness (QED) is 0.524. The molecule has 2 heterocycles.